The number of hydrogen-bond acceptors (Lipinski definition) is 1. The second kappa shape index (κ2) is 3.00. The highest BCUT2D eigenvalue weighted by molar-refractivity contribution is 5.14. The van der Waals surface area contributed by atoms with E-state index in [4.69, 9.17) is 0 Å². The zero-order valence-corrected chi connectivity index (χ0v) is 9.44. The topological polar surface area (TPSA) is 20.2 Å². The van der Waals surface area contributed by atoms with Crippen molar-refractivity contribution in [3.8, 4) is 0 Å². The van der Waals surface area contributed by atoms with Gasteiger partial charge in [-0.15, -0.1) is 0 Å². The molecule has 5 atom stereocenters. The lowest BCUT2D eigenvalue weighted by Crippen LogP contribution is -2.15. The van der Waals surface area contributed by atoms with Crippen LogP contribution in [0.25, 0.3) is 0 Å². The van der Waals surface area contributed by atoms with Crippen molar-refractivity contribution < 1.29 is 5.11 Å². The second-order valence-corrected chi connectivity index (χ2v) is 6.65. The van der Waals surface area contributed by atoms with E-state index in [2.05, 4.69) is 0 Å². The third-order valence-electron chi connectivity index (χ3n) is 5.81. The van der Waals surface area contributed by atoms with Crippen LogP contribution >= 0.6 is 0 Å². The van der Waals surface area contributed by atoms with E-state index in [1.54, 1.807) is 0 Å². The molecule has 0 radical (unpaired) electrons. The third kappa shape index (κ3) is 1.32. The maximum Gasteiger partial charge on any atom is 0.0574 e. The molecule has 4 saturated carbocycles. The molecule has 0 aromatic heterocycles. The largest absolute Gasteiger partial charge is 0.393 e. The lowest BCUT2D eigenvalue weighted by atomic mass is 9.96. The van der Waals surface area contributed by atoms with Crippen molar-refractivity contribution in [3.05, 3.63) is 0 Å². The summed E-state index contributed by atoms with van der Waals surface area (Å²) in [6.07, 6.45) is 9.86. The summed E-state index contributed by atoms with van der Waals surface area (Å²) in [5.74, 6) is 5.74. The third-order valence-corrected chi connectivity index (χ3v) is 5.81. The van der Waals surface area contributed by atoms with Crippen LogP contribution in [0.4, 0.5) is 0 Å². The van der Waals surface area contributed by atoms with Gasteiger partial charge < -0.3 is 5.11 Å². The molecule has 2 bridgehead atoms. The van der Waals surface area contributed by atoms with Gasteiger partial charge in [-0.3, -0.25) is 0 Å². The van der Waals surface area contributed by atoms with E-state index >= 15 is 0 Å². The van der Waals surface area contributed by atoms with Crippen molar-refractivity contribution in [1.82, 2.24) is 0 Å². The Morgan fingerprint density at radius 1 is 1.00 bits per heavy atom. The first kappa shape index (κ1) is 9.04. The monoisotopic (exact) mass is 206 g/mol. The van der Waals surface area contributed by atoms with Crippen LogP contribution in [0.1, 0.15) is 44.9 Å². The van der Waals surface area contributed by atoms with Gasteiger partial charge in [0, 0.05) is 0 Å². The van der Waals surface area contributed by atoms with Crippen LogP contribution in [-0.4, -0.2) is 11.2 Å². The lowest BCUT2D eigenvalue weighted by Gasteiger charge is -2.14. The molecule has 4 aliphatic carbocycles. The fourth-order valence-electron chi connectivity index (χ4n) is 4.91. The molecule has 1 heteroatoms. The summed E-state index contributed by atoms with van der Waals surface area (Å²) in [5, 5.41) is 10.2. The van der Waals surface area contributed by atoms with Gasteiger partial charge in [0.1, 0.15) is 0 Å². The van der Waals surface area contributed by atoms with Gasteiger partial charge >= 0.3 is 0 Å². The fraction of sp³-hybridized carbons (Fsp3) is 1.00. The van der Waals surface area contributed by atoms with Crippen LogP contribution in [0.5, 0.6) is 0 Å². The number of rotatable bonds is 4. The van der Waals surface area contributed by atoms with Crippen LogP contribution < -0.4 is 0 Å². The van der Waals surface area contributed by atoms with Crippen LogP contribution in [-0.2, 0) is 0 Å². The van der Waals surface area contributed by atoms with Gasteiger partial charge in [-0.25, -0.2) is 0 Å². The SMILES string of the molecule is OC(CCC1CC1)C1C2C3CCC(C3)C12. The van der Waals surface area contributed by atoms with E-state index in [1.807, 2.05) is 0 Å². The summed E-state index contributed by atoms with van der Waals surface area (Å²) in [6, 6.07) is 0. The quantitative estimate of drug-likeness (QED) is 0.750. The first-order valence-corrected chi connectivity index (χ1v) is 7.02. The minimum Gasteiger partial charge on any atom is -0.393 e. The van der Waals surface area contributed by atoms with Gasteiger partial charge in [-0.1, -0.05) is 12.8 Å². The van der Waals surface area contributed by atoms with E-state index in [1.165, 1.54) is 38.5 Å². The summed E-state index contributed by atoms with van der Waals surface area (Å²) in [6.45, 7) is 0. The average molecular weight is 206 g/mol. The smallest absolute Gasteiger partial charge is 0.0574 e. The Hall–Kier alpha value is -0.0400. The Morgan fingerprint density at radius 2 is 1.67 bits per heavy atom. The molecule has 0 heterocycles. The van der Waals surface area contributed by atoms with E-state index in [9.17, 15) is 5.11 Å². The minimum absolute atomic E-state index is 0.0731. The number of aliphatic hydroxyl groups is 1. The standard InChI is InChI=1S/C14H22O/c15-11(6-3-8-1-2-8)14-12-9-4-5-10(7-9)13(12)14/h8-15H,1-7H2. The molecular weight excluding hydrogens is 184 g/mol. The predicted octanol–water partition coefficient (Wildman–Crippen LogP) is 2.83. The summed E-state index contributed by atoms with van der Waals surface area (Å²) in [4.78, 5) is 0. The second-order valence-electron chi connectivity index (χ2n) is 6.65. The zero-order valence-electron chi connectivity index (χ0n) is 9.44. The van der Waals surface area contributed by atoms with Gasteiger partial charge in [0.05, 0.1) is 6.10 Å². The van der Waals surface area contributed by atoms with Gasteiger partial charge in [-0.2, -0.15) is 0 Å². The molecule has 4 aliphatic rings. The van der Waals surface area contributed by atoms with Crippen molar-refractivity contribution in [1.29, 1.82) is 0 Å². The molecule has 1 nitrogen and oxygen atoms in total. The predicted molar refractivity (Wildman–Crippen MR) is 59.3 cm³/mol. The van der Waals surface area contributed by atoms with Gasteiger partial charge in [0.15, 0.2) is 0 Å². The fourth-order valence-corrected chi connectivity index (χ4v) is 4.91. The maximum atomic E-state index is 10.2. The van der Waals surface area contributed by atoms with E-state index in [-0.39, 0.29) is 6.10 Å². The molecule has 1 N–H and O–H groups in total. The highest BCUT2D eigenvalue weighted by Gasteiger charge is 2.66. The highest BCUT2D eigenvalue weighted by atomic mass is 16.3. The van der Waals surface area contributed by atoms with Crippen molar-refractivity contribution in [2.45, 2.75) is 51.0 Å². The van der Waals surface area contributed by atoms with Crippen LogP contribution in [0, 0.1) is 35.5 Å². The first-order chi connectivity index (χ1) is 7.34. The summed E-state index contributed by atoms with van der Waals surface area (Å²) in [5.41, 5.74) is 0. The van der Waals surface area contributed by atoms with Crippen molar-refractivity contribution in [2.24, 2.45) is 35.5 Å². The normalized spacial score (nSPS) is 53.0. The Morgan fingerprint density at radius 3 is 2.27 bits per heavy atom. The van der Waals surface area contributed by atoms with Crippen molar-refractivity contribution >= 4 is 0 Å². The van der Waals surface area contributed by atoms with Crippen LogP contribution in [0.15, 0.2) is 0 Å². The van der Waals surface area contributed by atoms with E-state index < -0.39 is 0 Å². The first-order valence-electron chi connectivity index (χ1n) is 7.02. The van der Waals surface area contributed by atoms with Crippen LogP contribution in [0.2, 0.25) is 0 Å². The Bertz CT molecular complexity index is 255. The van der Waals surface area contributed by atoms with Gasteiger partial charge in [-0.05, 0) is 67.6 Å². The molecule has 15 heavy (non-hydrogen) atoms. The van der Waals surface area contributed by atoms with E-state index in [0.717, 1.165) is 41.9 Å². The summed E-state index contributed by atoms with van der Waals surface area (Å²) >= 11 is 0. The minimum atomic E-state index is 0.0731. The highest BCUT2D eigenvalue weighted by Crippen LogP contribution is 2.70. The number of fused-ring (bicyclic) bond motifs is 5. The van der Waals surface area contributed by atoms with Crippen LogP contribution in [0.3, 0.4) is 0 Å². The summed E-state index contributed by atoms with van der Waals surface area (Å²) < 4.78 is 0. The molecule has 0 amide bonds. The number of aliphatic hydroxyl groups excluding tert-OH is 1. The van der Waals surface area contributed by atoms with Gasteiger partial charge in [0.2, 0.25) is 0 Å². The molecule has 84 valence electrons. The van der Waals surface area contributed by atoms with Crippen molar-refractivity contribution in [3.63, 3.8) is 0 Å². The molecule has 4 rings (SSSR count). The zero-order chi connectivity index (χ0) is 9.99. The molecule has 0 saturated heterocycles. The maximum absolute atomic E-state index is 10.2. The Balaban J connectivity index is 1.35. The molecule has 0 aromatic rings. The molecule has 0 aliphatic heterocycles. The molecule has 0 aromatic carbocycles. The number of hydrogen-bond donors (Lipinski definition) is 1. The summed E-state index contributed by atoms with van der Waals surface area (Å²) in [7, 11) is 0. The molecule has 4 fully saturated rings. The van der Waals surface area contributed by atoms with E-state index in [0.29, 0.717) is 0 Å². The average Bonchev–Trinajstić information content (AvgIpc) is 3.14. The molecule has 0 spiro atoms. The van der Waals surface area contributed by atoms with Crippen molar-refractivity contribution in [2.75, 3.05) is 0 Å². The van der Waals surface area contributed by atoms with Gasteiger partial charge in [0.25, 0.3) is 0 Å². The Kier molecular flexibility index (Phi) is 1.81. The lowest BCUT2D eigenvalue weighted by molar-refractivity contribution is 0.115. The molecular formula is C14H22O. The Labute approximate surface area is 92.3 Å². The molecule has 5 unspecified atom stereocenters.